The molecule has 1 atom stereocenters. The molecule has 18 heavy (non-hydrogen) atoms. The second-order valence-corrected chi connectivity index (χ2v) is 4.13. The molecule has 0 saturated carbocycles. The van der Waals surface area contributed by atoms with Crippen LogP contribution >= 0.6 is 0 Å². The van der Waals surface area contributed by atoms with E-state index in [1.54, 1.807) is 7.05 Å². The summed E-state index contributed by atoms with van der Waals surface area (Å²) in [6.07, 6.45) is 0. The molecule has 1 aromatic carbocycles. The Bertz CT molecular complexity index is 414. The topological polar surface area (TPSA) is 41.1 Å². The molecule has 1 amide bonds. The summed E-state index contributed by atoms with van der Waals surface area (Å²) in [4.78, 5) is 11.6. The van der Waals surface area contributed by atoms with Gasteiger partial charge in [-0.1, -0.05) is 6.92 Å². The fraction of sp³-hybridized carbons (Fsp3) is 0.417. The van der Waals surface area contributed by atoms with Crippen molar-refractivity contribution in [1.82, 2.24) is 10.6 Å². The molecule has 0 bridgehead atoms. The van der Waals surface area contributed by atoms with E-state index < -0.39 is 23.4 Å². The van der Waals surface area contributed by atoms with Crippen molar-refractivity contribution in [3.8, 4) is 0 Å². The number of carbonyl (C=O) groups is 1. The SMILES string of the molecule is CNCC(C)CNC(=O)c1cc(F)c(F)c(F)c1. The zero-order valence-electron chi connectivity index (χ0n) is 10.2. The van der Waals surface area contributed by atoms with Crippen LogP contribution in [0.4, 0.5) is 13.2 Å². The first-order chi connectivity index (χ1) is 8.45. The third-order valence-electron chi connectivity index (χ3n) is 2.41. The lowest BCUT2D eigenvalue weighted by atomic mass is 10.1. The van der Waals surface area contributed by atoms with Crippen molar-refractivity contribution in [2.24, 2.45) is 5.92 Å². The molecule has 3 nitrogen and oxygen atoms in total. The molecule has 100 valence electrons. The number of amides is 1. The van der Waals surface area contributed by atoms with Gasteiger partial charge in [-0.2, -0.15) is 0 Å². The Morgan fingerprint density at radius 3 is 2.28 bits per heavy atom. The van der Waals surface area contributed by atoms with E-state index in [9.17, 15) is 18.0 Å². The summed E-state index contributed by atoms with van der Waals surface area (Å²) in [5.74, 6) is -4.77. The Kier molecular flexibility index (Phi) is 5.15. The van der Waals surface area contributed by atoms with Crippen LogP contribution in [0.25, 0.3) is 0 Å². The Morgan fingerprint density at radius 2 is 1.78 bits per heavy atom. The van der Waals surface area contributed by atoms with Crippen LogP contribution in [0.2, 0.25) is 0 Å². The molecule has 0 aromatic heterocycles. The highest BCUT2D eigenvalue weighted by Crippen LogP contribution is 2.13. The van der Waals surface area contributed by atoms with Gasteiger partial charge in [-0.25, -0.2) is 13.2 Å². The van der Waals surface area contributed by atoms with Gasteiger partial charge in [-0.15, -0.1) is 0 Å². The lowest BCUT2D eigenvalue weighted by molar-refractivity contribution is 0.0947. The maximum atomic E-state index is 12.9. The van der Waals surface area contributed by atoms with Crippen LogP contribution in [0, 0.1) is 23.4 Å². The summed E-state index contributed by atoms with van der Waals surface area (Å²) in [6.45, 7) is 2.97. The minimum Gasteiger partial charge on any atom is -0.352 e. The first-order valence-corrected chi connectivity index (χ1v) is 5.53. The van der Waals surface area contributed by atoms with Gasteiger partial charge in [0.25, 0.3) is 5.91 Å². The molecule has 0 heterocycles. The van der Waals surface area contributed by atoms with Crippen LogP contribution in [0.1, 0.15) is 17.3 Å². The van der Waals surface area contributed by atoms with Gasteiger partial charge < -0.3 is 10.6 Å². The lowest BCUT2D eigenvalue weighted by Gasteiger charge is -2.12. The van der Waals surface area contributed by atoms with Gasteiger partial charge in [-0.3, -0.25) is 4.79 Å². The average Bonchev–Trinajstić information content (AvgIpc) is 2.32. The molecule has 2 N–H and O–H groups in total. The van der Waals surface area contributed by atoms with E-state index in [2.05, 4.69) is 10.6 Å². The number of rotatable bonds is 5. The van der Waals surface area contributed by atoms with Crippen LogP contribution in [0.3, 0.4) is 0 Å². The molecule has 0 saturated heterocycles. The van der Waals surface area contributed by atoms with Crippen LogP contribution < -0.4 is 10.6 Å². The van der Waals surface area contributed by atoms with Gasteiger partial charge in [-0.05, 0) is 31.6 Å². The Labute approximate surface area is 103 Å². The summed E-state index contributed by atoms with van der Waals surface area (Å²) in [5, 5.41) is 5.46. The molecule has 0 fully saturated rings. The predicted octanol–water partition coefficient (Wildman–Crippen LogP) is 1.69. The highest BCUT2D eigenvalue weighted by atomic mass is 19.2. The number of hydrogen-bond acceptors (Lipinski definition) is 2. The van der Waals surface area contributed by atoms with Gasteiger partial charge in [0, 0.05) is 12.1 Å². The predicted molar refractivity (Wildman–Crippen MR) is 61.7 cm³/mol. The highest BCUT2D eigenvalue weighted by molar-refractivity contribution is 5.94. The Hall–Kier alpha value is -1.56. The van der Waals surface area contributed by atoms with Gasteiger partial charge in [0.05, 0.1) is 0 Å². The normalized spacial score (nSPS) is 12.3. The summed E-state index contributed by atoms with van der Waals surface area (Å²) < 4.78 is 38.5. The molecular formula is C12H15F3N2O. The second kappa shape index (κ2) is 6.39. The van der Waals surface area contributed by atoms with Crippen molar-refractivity contribution < 1.29 is 18.0 Å². The van der Waals surface area contributed by atoms with Crippen molar-refractivity contribution in [2.45, 2.75) is 6.92 Å². The average molecular weight is 260 g/mol. The summed E-state index contributed by atoms with van der Waals surface area (Å²) in [5.41, 5.74) is -0.233. The number of nitrogens with one attached hydrogen (secondary N) is 2. The molecular weight excluding hydrogens is 245 g/mol. The first kappa shape index (κ1) is 14.5. The fourth-order valence-corrected chi connectivity index (χ4v) is 1.48. The van der Waals surface area contributed by atoms with E-state index in [4.69, 9.17) is 0 Å². The monoisotopic (exact) mass is 260 g/mol. The summed E-state index contributed by atoms with van der Waals surface area (Å²) >= 11 is 0. The van der Waals surface area contributed by atoms with E-state index in [0.29, 0.717) is 25.2 Å². The van der Waals surface area contributed by atoms with Crippen molar-refractivity contribution in [3.05, 3.63) is 35.1 Å². The maximum Gasteiger partial charge on any atom is 0.251 e. The second-order valence-electron chi connectivity index (χ2n) is 4.13. The van der Waals surface area contributed by atoms with Gasteiger partial charge >= 0.3 is 0 Å². The third-order valence-corrected chi connectivity index (χ3v) is 2.41. The van der Waals surface area contributed by atoms with Crippen molar-refractivity contribution in [1.29, 1.82) is 0 Å². The maximum absolute atomic E-state index is 12.9. The zero-order valence-corrected chi connectivity index (χ0v) is 10.2. The molecule has 1 unspecified atom stereocenters. The highest BCUT2D eigenvalue weighted by Gasteiger charge is 2.15. The van der Waals surface area contributed by atoms with Gasteiger partial charge in [0.2, 0.25) is 0 Å². The third kappa shape index (κ3) is 3.73. The van der Waals surface area contributed by atoms with Crippen molar-refractivity contribution in [2.75, 3.05) is 20.1 Å². The minimum atomic E-state index is -1.57. The molecule has 1 rings (SSSR count). The van der Waals surface area contributed by atoms with Crippen LogP contribution in [-0.4, -0.2) is 26.0 Å². The van der Waals surface area contributed by atoms with E-state index >= 15 is 0 Å². The van der Waals surface area contributed by atoms with Gasteiger partial charge in [0.15, 0.2) is 17.5 Å². The van der Waals surface area contributed by atoms with E-state index in [1.807, 2.05) is 6.92 Å². The minimum absolute atomic E-state index is 0.175. The van der Waals surface area contributed by atoms with E-state index in [0.717, 1.165) is 0 Å². The molecule has 0 aliphatic rings. The molecule has 0 radical (unpaired) electrons. The van der Waals surface area contributed by atoms with Crippen LogP contribution in [0.5, 0.6) is 0 Å². The van der Waals surface area contributed by atoms with Crippen molar-refractivity contribution >= 4 is 5.91 Å². The van der Waals surface area contributed by atoms with Crippen LogP contribution in [-0.2, 0) is 0 Å². The van der Waals surface area contributed by atoms with Crippen LogP contribution in [0.15, 0.2) is 12.1 Å². The van der Waals surface area contributed by atoms with Crippen molar-refractivity contribution in [3.63, 3.8) is 0 Å². The van der Waals surface area contributed by atoms with Gasteiger partial charge in [0.1, 0.15) is 0 Å². The van der Waals surface area contributed by atoms with E-state index in [-0.39, 0.29) is 11.5 Å². The quantitative estimate of drug-likeness (QED) is 0.791. The molecule has 0 aliphatic heterocycles. The molecule has 0 spiro atoms. The fourth-order valence-electron chi connectivity index (χ4n) is 1.48. The number of benzene rings is 1. The Balaban J connectivity index is 2.67. The summed E-state index contributed by atoms with van der Waals surface area (Å²) in [6, 6.07) is 1.35. The Morgan fingerprint density at radius 1 is 1.22 bits per heavy atom. The largest absolute Gasteiger partial charge is 0.352 e. The summed E-state index contributed by atoms with van der Waals surface area (Å²) in [7, 11) is 1.78. The number of halogens is 3. The molecule has 0 aliphatic carbocycles. The molecule has 6 heteroatoms. The van der Waals surface area contributed by atoms with E-state index in [1.165, 1.54) is 0 Å². The molecule has 1 aromatic rings. The first-order valence-electron chi connectivity index (χ1n) is 5.53. The lowest BCUT2D eigenvalue weighted by Crippen LogP contribution is -2.32. The standard InChI is InChI=1S/C12H15F3N2O/c1-7(5-16-2)6-17-12(18)8-3-9(13)11(15)10(14)4-8/h3-4,7,16H,5-6H2,1-2H3,(H,17,18). The number of carbonyl (C=O) groups excluding carboxylic acids is 1. The zero-order chi connectivity index (χ0) is 13.7. The smallest absolute Gasteiger partial charge is 0.251 e. The number of hydrogen-bond donors (Lipinski definition) is 2.